The first-order valence-electron chi connectivity index (χ1n) is 7.45. The third-order valence-corrected chi connectivity index (χ3v) is 5.74. The maximum Gasteiger partial charge on any atom is 0.200 e. The number of aliphatic hydroxyl groups excluding tert-OH is 3. The van der Waals surface area contributed by atoms with Crippen molar-refractivity contribution in [2.75, 3.05) is 0 Å². The molecule has 1 saturated carbocycles. The van der Waals surface area contributed by atoms with Crippen LogP contribution in [-0.4, -0.2) is 63.3 Å². The number of hydrogen-bond acceptors (Lipinski definition) is 6. The van der Waals surface area contributed by atoms with Crippen LogP contribution in [0, 0.1) is 5.92 Å². The minimum Gasteiger partial charge on any atom is -0.390 e. The van der Waals surface area contributed by atoms with Crippen LogP contribution < -0.4 is 0 Å². The van der Waals surface area contributed by atoms with Crippen molar-refractivity contribution in [3.8, 4) is 0 Å². The fourth-order valence-corrected chi connectivity index (χ4v) is 4.38. The Bertz CT molecular complexity index is 406. The van der Waals surface area contributed by atoms with E-state index in [9.17, 15) is 15.3 Å². The molecular weight excluding hydrogens is 264 g/mol. The normalized spacial score (nSPS) is 65.0. The molecule has 114 valence electrons. The lowest BCUT2D eigenvalue weighted by atomic mass is 9.80. The molecule has 0 radical (unpaired) electrons. The highest BCUT2D eigenvalue weighted by molar-refractivity contribution is 5.13. The Balaban J connectivity index is 1.67. The molecule has 3 aliphatic heterocycles. The molecule has 0 aromatic carbocycles. The van der Waals surface area contributed by atoms with Crippen molar-refractivity contribution in [2.45, 2.75) is 81.1 Å². The highest BCUT2D eigenvalue weighted by atomic mass is 16.8. The summed E-state index contributed by atoms with van der Waals surface area (Å²) in [6.07, 6.45) is -1.69. The van der Waals surface area contributed by atoms with Crippen LogP contribution in [0.5, 0.6) is 0 Å². The molecule has 0 aromatic rings. The van der Waals surface area contributed by atoms with Crippen LogP contribution in [0.4, 0.5) is 0 Å². The minimum absolute atomic E-state index is 0.141. The standard InChI is InChI=1S/C14H22O6/c1-6-8(15)9(16)10(17)12-11(6)19-14(20-12)5-7-3-4-13(14,2)18-7/h6-12,15-17H,3-5H2,1-2H3/t6?,7-,8?,9?,10?,11?,12?,13+,14-/m1/s1. The van der Waals surface area contributed by atoms with Gasteiger partial charge in [-0.05, 0) is 19.8 Å². The highest BCUT2D eigenvalue weighted by Gasteiger charge is 2.70. The van der Waals surface area contributed by atoms with Crippen molar-refractivity contribution >= 4 is 0 Å². The van der Waals surface area contributed by atoms with Crippen LogP contribution in [0.15, 0.2) is 0 Å². The Hall–Kier alpha value is -0.240. The minimum atomic E-state index is -1.20. The molecule has 20 heavy (non-hydrogen) atoms. The highest BCUT2D eigenvalue weighted by Crippen LogP contribution is 2.57. The van der Waals surface area contributed by atoms with E-state index in [0.29, 0.717) is 6.42 Å². The second-order valence-corrected chi connectivity index (χ2v) is 6.96. The lowest BCUT2D eigenvalue weighted by Crippen LogP contribution is -2.59. The average Bonchev–Trinajstić information content (AvgIpc) is 3.05. The molecule has 2 bridgehead atoms. The van der Waals surface area contributed by atoms with Crippen LogP contribution in [0.25, 0.3) is 0 Å². The van der Waals surface area contributed by atoms with Gasteiger partial charge in [-0.1, -0.05) is 6.92 Å². The van der Waals surface area contributed by atoms with E-state index in [1.807, 2.05) is 13.8 Å². The lowest BCUT2D eigenvalue weighted by molar-refractivity contribution is -0.247. The number of aliphatic hydroxyl groups is 3. The first kappa shape index (κ1) is 13.4. The topological polar surface area (TPSA) is 88.4 Å². The van der Waals surface area contributed by atoms with Crippen molar-refractivity contribution in [1.82, 2.24) is 0 Å². The average molecular weight is 286 g/mol. The van der Waals surface area contributed by atoms with Gasteiger partial charge in [-0.25, -0.2) is 0 Å². The van der Waals surface area contributed by atoms with Gasteiger partial charge >= 0.3 is 0 Å². The van der Waals surface area contributed by atoms with Gasteiger partial charge in [-0.3, -0.25) is 0 Å². The summed E-state index contributed by atoms with van der Waals surface area (Å²) in [6.45, 7) is 3.80. The second-order valence-electron chi connectivity index (χ2n) is 6.96. The Morgan fingerprint density at radius 3 is 2.25 bits per heavy atom. The fourth-order valence-electron chi connectivity index (χ4n) is 4.38. The zero-order chi connectivity index (χ0) is 14.3. The predicted molar refractivity (Wildman–Crippen MR) is 66.8 cm³/mol. The van der Waals surface area contributed by atoms with E-state index in [0.717, 1.165) is 12.8 Å². The summed E-state index contributed by atoms with van der Waals surface area (Å²) >= 11 is 0. The molecule has 6 nitrogen and oxygen atoms in total. The first-order valence-corrected chi connectivity index (χ1v) is 7.45. The smallest absolute Gasteiger partial charge is 0.200 e. The summed E-state index contributed by atoms with van der Waals surface area (Å²) in [4.78, 5) is 0. The molecule has 9 atom stereocenters. The van der Waals surface area contributed by atoms with Gasteiger partial charge in [0, 0.05) is 12.3 Å². The van der Waals surface area contributed by atoms with E-state index in [1.165, 1.54) is 0 Å². The first-order chi connectivity index (χ1) is 9.37. The van der Waals surface area contributed by atoms with Crippen LogP contribution in [0.3, 0.4) is 0 Å². The quantitative estimate of drug-likeness (QED) is 0.558. The second kappa shape index (κ2) is 3.94. The molecule has 4 rings (SSSR count). The van der Waals surface area contributed by atoms with Gasteiger partial charge in [-0.15, -0.1) is 0 Å². The molecule has 6 heteroatoms. The fraction of sp³-hybridized carbons (Fsp3) is 1.00. The molecule has 0 amide bonds. The van der Waals surface area contributed by atoms with Gasteiger partial charge in [-0.2, -0.15) is 0 Å². The summed E-state index contributed by atoms with van der Waals surface area (Å²) in [7, 11) is 0. The maximum atomic E-state index is 10.2. The molecule has 6 unspecified atom stereocenters. The molecule has 3 heterocycles. The third-order valence-electron chi connectivity index (χ3n) is 5.74. The molecule has 3 saturated heterocycles. The predicted octanol–water partition coefficient (Wildman–Crippen LogP) is -0.460. The van der Waals surface area contributed by atoms with Gasteiger partial charge < -0.3 is 29.5 Å². The summed E-state index contributed by atoms with van der Waals surface area (Å²) in [5.74, 6) is -1.13. The number of rotatable bonds is 0. The lowest BCUT2D eigenvalue weighted by Gasteiger charge is -2.39. The van der Waals surface area contributed by atoms with E-state index < -0.39 is 41.9 Å². The van der Waals surface area contributed by atoms with Crippen molar-refractivity contribution in [1.29, 1.82) is 0 Å². The molecule has 1 spiro atoms. The summed E-state index contributed by atoms with van der Waals surface area (Å²) in [5, 5.41) is 30.1. The number of hydrogen-bond donors (Lipinski definition) is 3. The largest absolute Gasteiger partial charge is 0.390 e. The van der Waals surface area contributed by atoms with Crippen LogP contribution in [0.2, 0.25) is 0 Å². The summed E-state index contributed by atoms with van der Waals surface area (Å²) < 4.78 is 18.2. The number of fused-ring (bicyclic) bond motifs is 4. The molecular formula is C14H22O6. The SMILES string of the molecule is CC1C(O)C(O)C(O)C2O[C@@]3(C[C@H]4CC[C@]3(C)O4)OC12. The summed E-state index contributed by atoms with van der Waals surface area (Å²) in [6, 6.07) is 0. The Morgan fingerprint density at radius 2 is 1.65 bits per heavy atom. The third kappa shape index (κ3) is 1.44. The van der Waals surface area contributed by atoms with E-state index in [4.69, 9.17) is 14.2 Å². The van der Waals surface area contributed by atoms with E-state index in [2.05, 4.69) is 0 Å². The Kier molecular flexibility index (Phi) is 2.64. The van der Waals surface area contributed by atoms with Gasteiger partial charge in [0.2, 0.25) is 5.79 Å². The molecule has 4 fully saturated rings. The van der Waals surface area contributed by atoms with Crippen LogP contribution in [-0.2, 0) is 14.2 Å². The van der Waals surface area contributed by atoms with Crippen molar-refractivity contribution in [3.63, 3.8) is 0 Å². The molecule has 0 aromatic heterocycles. The van der Waals surface area contributed by atoms with Crippen LogP contribution >= 0.6 is 0 Å². The Morgan fingerprint density at radius 1 is 0.950 bits per heavy atom. The van der Waals surface area contributed by atoms with E-state index in [1.54, 1.807) is 0 Å². The van der Waals surface area contributed by atoms with E-state index >= 15 is 0 Å². The van der Waals surface area contributed by atoms with Crippen molar-refractivity contribution in [3.05, 3.63) is 0 Å². The maximum absolute atomic E-state index is 10.2. The zero-order valence-electron chi connectivity index (χ0n) is 11.7. The Labute approximate surface area is 117 Å². The monoisotopic (exact) mass is 286 g/mol. The van der Waals surface area contributed by atoms with Gasteiger partial charge in [0.05, 0.1) is 18.3 Å². The van der Waals surface area contributed by atoms with Crippen LogP contribution in [0.1, 0.15) is 33.1 Å². The molecule has 1 aliphatic carbocycles. The molecule has 3 N–H and O–H groups in total. The van der Waals surface area contributed by atoms with Crippen molar-refractivity contribution in [2.24, 2.45) is 5.92 Å². The van der Waals surface area contributed by atoms with E-state index in [-0.39, 0.29) is 12.0 Å². The van der Waals surface area contributed by atoms with Crippen molar-refractivity contribution < 1.29 is 29.5 Å². The number of ether oxygens (including phenoxy) is 3. The van der Waals surface area contributed by atoms with Gasteiger partial charge in [0.25, 0.3) is 0 Å². The summed E-state index contributed by atoms with van der Waals surface area (Å²) in [5.41, 5.74) is -0.496. The zero-order valence-corrected chi connectivity index (χ0v) is 11.7. The van der Waals surface area contributed by atoms with Gasteiger partial charge in [0.15, 0.2) is 0 Å². The molecule has 4 aliphatic rings. The van der Waals surface area contributed by atoms with Gasteiger partial charge in [0.1, 0.15) is 23.9 Å².